The van der Waals surface area contributed by atoms with E-state index in [1.807, 2.05) is 18.9 Å². The Morgan fingerprint density at radius 1 is 1.30 bits per heavy atom. The van der Waals surface area contributed by atoms with E-state index in [0.29, 0.717) is 30.8 Å². The van der Waals surface area contributed by atoms with Crippen molar-refractivity contribution in [2.45, 2.75) is 26.3 Å². The minimum Gasteiger partial charge on any atom is -0.489 e. The van der Waals surface area contributed by atoms with E-state index in [4.69, 9.17) is 9.47 Å². The maximum atomic E-state index is 13.6. The summed E-state index contributed by atoms with van der Waals surface area (Å²) in [5, 5.41) is 5.44. The molecule has 27 heavy (non-hydrogen) atoms. The predicted molar refractivity (Wildman–Crippen MR) is 98.8 cm³/mol. The fraction of sp³-hybridized carbons (Fsp3) is 0.474. The first-order chi connectivity index (χ1) is 13.0. The molecule has 0 saturated carbocycles. The van der Waals surface area contributed by atoms with E-state index < -0.39 is 17.8 Å². The zero-order valence-corrected chi connectivity index (χ0v) is 15.9. The van der Waals surface area contributed by atoms with Gasteiger partial charge in [0.1, 0.15) is 6.61 Å². The van der Waals surface area contributed by atoms with Crippen LogP contribution in [0.5, 0.6) is 5.75 Å². The number of likely N-dealkylation sites (N-methyl/N-ethyl adjacent to an activating group) is 1. The lowest BCUT2D eigenvalue weighted by Crippen LogP contribution is -2.52. The summed E-state index contributed by atoms with van der Waals surface area (Å²) in [6.07, 6.45) is 0.575. The van der Waals surface area contributed by atoms with Gasteiger partial charge in [0.15, 0.2) is 11.6 Å². The fourth-order valence-corrected chi connectivity index (χ4v) is 2.81. The van der Waals surface area contributed by atoms with E-state index >= 15 is 0 Å². The molecule has 8 heteroatoms. The lowest BCUT2D eigenvalue weighted by Gasteiger charge is -2.30. The van der Waals surface area contributed by atoms with Gasteiger partial charge in [-0.05, 0) is 32.5 Å². The first-order valence-electron chi connectivity index (χ1n) is 8.99. The van der Waals surface area contributed by atoms with Crippen molar-refractivity contribution in [3.63, 3.8) is 0 Å². The molecule has 0 aromatic heterocycles. The molecule has 1 heterocycles. The molecule has 1 aromatic carbocycles. The van der Waals surface area contributed by atoms with Crippen LogP contribution in [0.15, 0.2) is 35.5 Å². The van der Waals surface area contributed by atoms with Crippen LogP contribution in [0.3, 0.4) is 0 Å². The van der Waals surface area contributed by atoms with E-state index in [0.717, 1.165) is 0 Å². The third-order valence-electron chi connectivity index (χ3n) is 4.14. The molecule has 0 aliphatic carbocycles. The highest BCUT2D eigenvalue weighted by Gasteiger charge is 2.31. The van der Waals surface area contributed by atoms with Crippen LogP contribution in [-0.2, 0) is 9.53 Å². The number of carbonyl (C=O) groups excluding carboxylic acids is 2. The van der Waals surface area contributed by atoms with Gasteiger partial charge in [-0.3, -0.25) is 4.90 Å². The molecule has 0 bridgehead atoms. The summed E-state index contributed by atoms with van der Waals surface area (Å²) in [4.78, 5) is 26.1. The normalized spacial score (nSPS) is 16.8. The van der Waals surface area contributed by atoms with Crippen LogP contribution in [-0.4, -0.2) is 56.3 Å². The number of rotatable bonds is 9. The highest BCUT2D eigenvalue weighted by atomic mass is 19.1. The molecule has 1 unspecified atom stereocenters. The average molecular weight is 379 g/mol. The quantitative estimate of drug-likeness (QED) is 0.642. The first kappa shape index (κ1) is 20.7. The number of halogens is 1. The number of ether oxygens (including phenoxy) is 2. The lowest BCUT2D eigenvalue weighted by molar-refractivity contribution is -0.139. The standard InChI is InChI=1S/C19H26FN3O4/c1-4-14-17(18(24)26-5-2)15(22-19(25)21-14)12-23(3)10-11-27-16-9-7-6-8-13(16)20/h6-9,14H,4-5,10-12H2,1-3H3,(H2,21,22,25). The number of esters is 1. The second kappa shape index (κ2) is 9.91. The first-order valence-corrected chi connectivity index (χ1v) is 8.99. The summed E-state index contributed by atoms with van der Waals surface area (Å²) >= 11 is 0. The number of benzene rings is 1. The summed E-state index contributed by atoms with van der Waals surface area (Å²) in [6.45, 7) is 4.96. The monoisotopic (exact) mass is 379 g/mol. The number of hydrogen-bond donors (Lipinski definition) is 2. The average Bonchev–Trinajstić information content (AvgIpc) is 2.62. The second-order valence-electron chi connectivity index (χ2n) is 6.19. The lowest BCUT2D eigenvalue weighted by atomic mass is 10.00. The largest absolute Gasteiger partial charge is 0.489 e. The van der Waals surface area contributed by atoms with E-state index in [-0.39, 0.29) is 25.0 Å². The molecule has 2 N–H and O–H groups in total. The third kappa shape index (κ3) is 5.68. The zero-order valence-electron chi connectivity index (χ0n) is 15.9. The SMILES string of the molecule is CCOC(=O)C1=C(CN(C)CCOc2ccccc2F)NC(=O)NC1CC. The highest BCUT2D eigenvalue weighted by Crippen LogP contribution is 2.18. The van der Waals surface area contributed by atoms with Crippen LogP contribution < -0.4 is 15.4 Å². The molecular formula is C19H26FN3O4. The van der Waals surface area contributed by atoms with Crippen molar-refractivity contribution in [3.05, 3.63) is 41.4 Å². The Balaban J connectivity index is 2.02. The van der Waals surface area contributed by atoms with Gasteiger partial charge in [-0.1, -0.05) is 19.1 Å². The molecule has 0 saturated heterocycles. The van der Waals surface area contributed by atoms with Gasteiger partial charge in [-0.2, -0.15) is 0 Å². The van der Waals surface area contributed by atoms with Crippen molar-refractivity contribution in [1.82, 2.24) is 15.5 Å². The Labute approximate surface area is 158 Å². The van der Waals surface area contributed by atoms with Gasteiger partial charge in [0.25, 0.3) is 0 Å². The van der Waals surface area contributed by atoms with Crippen LogP contribution in [0.2, 0.25) is 0 Å². The van der Waals surface area contributed by atoms with Crippen LogP contribution in [0.4, 0.5) is 9.18 Å². The van der Waals surface area contributed by atoms with E-state index in [9.17, 15) is 14.0 Å². The highest BCUT2D eigenvalue weighted by molar-refractivity contribution is 5.94. The van der Waals surface area contributed by atoms with Crippen LogP contribution in [0, 0.1) is 5.82 Å². The van der Waals surface area contributed by atoms with Crippen molar-refractivity contribution >= 4 is 12.0 Å². The summed E-state index contributed by atoms with van der Waals surface area (Å²) in [6, 6.07) is 5.47. The Bertz CT molecular complexity index is 708. The van der Waals surface area contributed by atoms with Crippen molar-refractivity contribution in [2.24, 2.45) is 0 Å². The van der Waals surface area contributed by atoms with Crippen LogP contribution >= 0.6 is 0 Å². The summed E-state index contributed by atoms with van der Waals surface area (Å²) in [7, 11) is 1.83. The zero-order chi connectivity index (χ0) is 19.8. The van der Waals surface area contributed by atoms with Crippen LogP contribution in [0.25, 0.3) is 0 Å². The van der Waals surface area contributed by atoms with Crippen molar-refractivity contribution in [1.29, 1.82) is 0 Å². The predicted octanol–water partition coefficient (Wildman–Crippen LogP) is 2.04. The number of nitrogens with one attached hydrogen (secondary N) is 2. The number of nitrogens with zero attached hydrogens (tertiary/aromatic N) is 1. The molecule has 1 aromatic rings. The Morgan fingerprint density at radius 3 is 2.70 bits per heavy atom. The third-order valence-corrected chi connectivity index (χ3v) is 4.14. The molecule has 0 fully saturated rings. The summed E-state index contributed by atoms with van der Waals surface area (Å²) in [5.41, 5.74) is 0.943. The Morgan fingerprint density at radius 2 is 2.04 bits per heavy atom. The van der Waals surface area contributed by atoms with Gasteiger partial charge in [0, 0.05) is 18.8 Å². The number of amides is 2. The maximum Gasteiger partial charge on any atom is 0.337 e. The molecule has 0 spiro atoms. The van der Waals surface area contributed by atoms with E-state index in [2.05, 4.69) is 10.6 Å². The number of hydrogen-bond acceptors (Lipinski definition) is 5. The number of carbonyl (C=O) groups is 2. The minimum atomic E-state index is -0.442. The van der Waals surface area contributed by atoms with Gasteiger partial charge in [-0.15, -0.1) is 0 Å². The second-order valence-corrected chi connectivity index (χ2v) is 6.19. The molecule has 7 nitrogen and oxygen atoms in total. The molecule has 2 rings (SSSR count). The molecule has 0 radical (unpaired) electrons. The molecular weight excluding hydrogens is 353 g/mol. The summed E-state index contributed by atoms with van der Waals surface area (Å²) < 4.78 is 24.2. The van der Waals surface area contributed by atoms with Gasteiger partial charge >= 0.3 is 12.0 Å². The van der Waals surface area contributed by atoms with Gasteiger partial charge in [-0.25, -0.2) is 14.0 Å². The van der Waals surface area contributed by atoms with E-state index in [1.54, 1.807) is 25.1 Å². The van der Waals surface area contributed by atoms with Crippen molar-refractivity contribution in [2.75, 3.05) is 33.4 Å². The number of urea groups is 1. The topological polar surface area (TPSA) is 79.9 Å². The molecule has 148 valence electrons. The molecule has 1 atom stereocenters. The molecule has 1 aliphatic rings. The Hall–Kier alpha value is -2.61. The van der Waals surface area contributed by atoms with Crippen molar-refractivity contribution in [3.8, 4) is 5.75 Å². The minimum absolute atomic E-state index is 0.193. The smallest absolute Gasteiger partial charge is 0.337 e. The Kier molecular flexibility index (Phi) is 7.60. The van der Waals surface area contributed by atoms with Crippen LogP contribution in [0.1, 0.15) is 20.3 Å². The van der Waals surface area contributed by atoms with E-state index in [1.165, 1.54) is 6.07 Å². The van der Waals surface area contributed by atoms with Gasteiger partial charge < -0.3 is 20.1 Å². The maximum absolute atomic E-state index is 13.6. The summed E-state index contributed by atoms with van der Waals surface area (Å²) in [5.74, 6) is -0.662. The molecule has 2 amide bonds. The molecule has 1 aliphatic heterocycles. The van der Waals surface area contributed by atoms with Gasteiger partial charge in [0.2, 0.25) is 0 Å². The van der Waals surface area contributed by atoms with Gasteiger partial charge in [0.05, 0.1) is 18.2 Å². The van der Waals surface area contributed by atoms with Crippen molar-refractivity contribution < 1.29 is 23.5 Å². The number of para-hydroxylation sites is 1. The fourth-order valence-electron chi connectivity index (χ4n) is 2.81.